The molecule has 0 fully saturated rings. The Labute approximate surface area is 165 Å². The van der Waals surface area contributed by atoms with Crippen molar-refractivity contribution >= 4 is 29.7 Å². The van der Waals surface area contributed by atoms with E-state index in [2.05, 4.69) is 10.5 Å². The van der Waals surface area contributed by atoms with Crippen LogP contribution in [0.15, 0.2) is 64.1 Å². The summed E-state index contributed by atoms with van der Waals surface area (Å²) in [5.74, 6) is -0.510. The maximum Gasteiger partial charge on any atom is 0.338 e. The summed E-state index contributed by atoms with van der Waals surface area (Å²) in [5.41, 5.74) is 3.17. The van der Waals surface area contributed by atoms with Crippen LogP contribution in [0, 0.1) is 0 Å². The van der Waals surface area contributed by atoms with Crippen molar-refractivity contribution in [2.45, 2.75) is 0 Å². The van der Waals surface area contributed by atoms with Crippen molar-refractivity contribution in [3.8, 4) is 17.1 Å². The van der Waals surface area contributed by atoms with E-state index in [4.69, 9.17) is 20.8 Å². The van der Waals surface area contributed by atoms with Gasteiger partial charge in [-0.2, -0.15) is 5.10 Å². The third kappa shape index (κ3) is 4.21. The summed E-state index contributed by atoms with van der Waals surface area (Å²) >= 11 is 6.02. The van der Waals surface area contributed by atoms with E-state index in [0.29, 0.717) is 27.7 Å². The number of furan rings is 1. The number of aromatic hydroxyl groups is 1. The fourth-order valence-corrected chi connectivity index (χ4v) is 2.63. The third-order valence-electron chi connectivity index (χ3n) is 3.79. The molecule has 0 aliphatic rings. The standard InChI is InChI=1S/C20H15ClN2O5/c1-27-20(26)14-8-6-12(21)10-16(14)18-9-7-13(28-18)11-22-23-19(25)15-4-2-3-5-17(15)24/h2-11,24H,1H3,(H,23,25). The number of nitrogens with one attached hydrogen (secondary N) is 1. The molecule has 0 saturated heterocycles. The van der Waals surface area contributed by atoms with Crippen LogP contribution < -0.4 is 5.43 Å². The van der Waals surface area contributed by atoms with E-state index in [1.165, 1.54) is 25.5 Å². The summed E-state index contributed by atoms with van der Waals surface area (Å²) < 4.78 is 10.4. The number of methoxy groups -OCH3 is 1. The molecule has 0 unspecified atom stereocenters. The SMILES string of the molecule is COC(=O)c1ccc(Cl)cc1-c1ccc(C=NNC(=O)c2ccccc2O)o1. The Morgan fingerprint density at radius 2 is 1.93 bits per heavy atom. The lowest BCUT2D eigenvalue weighted by Crippen LogP contribution is -2.17. The zero-order valence-corrected chi connectivity index (χ0v) is 15.4. The molecule has 2 N–H and O–H groups in total. The molecular weight excluding hydrogens is 384 g/mol. The van der Waals surface area contributed by atoms with Crippen molar-refractivity contribution < 1.29 is 23.8 Å². The molecular formula is C20H15ClN2O5. The summed E-state index contributed by atoms with van der Waals surface area (Å²) in [6.07, 6.45) is 1.30. The molecule has 0 aliphatic carbocycles. The first-order valence-corrected chi connectivity index (χ1v) is 8.47. The molecule has 0 atom stereocenters. The van der Waals surface area contributed by atoms with Crippen molar-refractivity contribution in [2.75, 3.05) is 7.11 Å². The lowest BCUT2D eigenvalue weighted by Gasteiger charge is -2.06. The molecule has 0 saturated carbocycles. The number of rotatable bonds is 5. The highest BCUT2D eigenvalue weighted by Crippen LogP contribution is 2.29. The Bertz CT molecular complexity index is 1060. The van der Waals surface area contributed by atoms with Gasteiger partial charge in [0.25, 0.3) is 5.91 Å². The lowest BCUT2D eigenvalue weighted by atomic mass is 10.1. The molecule has 0 spiro atoms. The Hall–Kier alpha value is -3.58. The number of benzene rings is 2. The number of carbonyl (C=O) groups is 2. The zero-order valence-electron chi connectivity index (χ0n) is 14.7. The van der Waals surface area contributed by atoms with E-state index in [1.54, 1.807) is 42.5 Å². The predicted octanol–water partition coefficient (Wildman–Crippen LogP) is 3.86. The average molecular weight is 399 g/mol. The van der Waals surface area contributed by atoms with Crippen LogP contribution >= 0.6 is 11.6 Å². The van der Waals surface area contributed by atoms with Gasteiger partial charge >= 0.3 is 5.97 Å². The van der Waals surface area contributed by atoms with Crippen molar-refractivity contribution in [3.05, 3.63) is 76.5 Å². The number of phenolic OH excluding ortho intramolecular Hbond substituents is 1. The molecule has 0 radical (unpaired) electrons. The molecule has 3 aromatic rings. The number of nitrogens with zero attached hydrogens (tertiary/aromatic N) is 1. The van der Waals surface area contributed by atoms with Crippen LogP contribution in [-0.4, -0.2) is 30.3 Å². The first-order chi connectivity index (χ1) is 13.5. The third-order valence-corrected chi connectivity index (χ3v) is 4.02. The first kappa shape index (κ1) is 19.2. The zero-order chi connectivity index (χ0) is 20.1. The number of para-hydroxylation sites is 1. The molecule has 28 heavy (non-hydrogen) atoms. The summed E-state index contributed by atoms with van der Waals surface area (Å²) in [6.45, 7) is 0. The topological polar surface area (TPSA) is 101 Å². The maximum absolute atomic E-state index is 12.0. The monoisotopic (exact) mass is 398 g/mol. The van der Waals surface area contributed by atoms with Gasteiger partial charge in [-0.25, -0.2) is 10.2 Å². The molecule has 0 bridgehead atoms. The van der Waals surface area contributed by atoms with E-state index in [1.807, 2.05) is 0 Å². The molecule has 2 aromatic carbocycles. The van der Waals surface area contributed by atoms with Crippen LogP contribution in [-0.2, 0) is 4.74 Å². The number of hydrogen-bond acceptors (Lipinski definition) is 6. The molecule has 1 heterocycles. The second-order valence-corrected chi connectivity index (χ2v) is 6.04. The second kappa shape index (κ2) is 8.41. The van der Waals surface area contributed by atoms with Crippen LogP contribution in [0.3, 0.4) is 0 Å². The number of hydrazone groups is 1. The fourth-order valence-electron chi connectivity index (χ4n) is 2.46. The summed E-state index contributed by atoms with van der Waals surface area (Å²) in [7, 11) is 1.29. The molecule has 1 aromatic heterocycles. The molecule has 1 amide bonds. The number of ether oxygens (including phenoxy) is 1. The number of esters is 1. The number of amides is 1. The van der Waals surface area contributed by atoms with Crippen LogP contribution in [0.4, 0.5) is 0 Å². The van der Waals surface area contributed by atoms with Crippen LogP contribution in [0.5, 0.6) is 5.75 Å². The van der Waals surface area contributed by atoms with E-state index < -0.39 is 11.9 Å². The molecule has 142 valence electrons. The Morgan fingerprint density at radius 3 is 2.68 bits per heavy atom. The highest BCUT2D eigenvalue weighted by molar-refractivity contribution is 6.31. The Balaban J connectivity index is 1.77. The van der Waals surface area contributed by atoms with Crippen molar-refractivity contribution in [1.82, 2.24) is 5.43 Å². The van der Waals surface area contributed by atoms with E-state index in [0.717, 1.165) is 0 Å². The normalized spacial score (nSPS) is 10.8. The molecule has 7 nitrogen and oxygen atoms in total. The van der Waals surface area contributed by atoms with Gasteiger partial charge in [-0.15, -0.1) is 0 Å². The summed E-state index contributed by atoms with van der Waals surface area (Å²) in [5, 5.41) is 13.9. The largest absolute Gasteiger partial charge is 0.507 e. The van der Waals surface area contributed by atoms with E-state index in [9.17, 15) is 14.7 Å². The van der Waals surface area contributed by atoms with Gasteiger partial charge in [0.1, 0.15) is 17.3 Å². The quantitative estimate of drug-likeness (QED) is 0.386. The molecule has 3 rings (SSSR count). The van der Waals surface area contributed by atoms with Crippen molar-refractivity contribution in [2.24, 2.45) is 5.10 Å². The predicted molar refractivity (Wildman–Crippen MR) is 104 cm³/mol. The average Bonchev–Trinajstić information content (AvgIpc) is 3.16. The maximum atomic E-state index is 12.0. The minimum absolute atomic E-state index is 0.0985. The lowest BCUT2D eigenvalue weighted by molar-refractivity contribution is 0.0601. The number of hydrogen-bond donors (Lipinski definition) is 2. The van der Waals surface area contributed by atoms with Crippen LogP contribution in [0.2, 0.25) is 5.02 Å². The molecule has 8 heteroatoms. The molecule has 0 aliphatic heterocycles. The van der Waals surface area contributed by atoms with E-state index in [-0.39, 0.29) is 11.3 Å². The highest BCUT2D eigenvalue weighted by Gasteiger charge is 2.16. The van der Waals surface area contributed by atoms with Gasteiger partial charge in [-0.3, -0.25) is 4.79 Å². The van der Waals surface area contributed by atoms with Crippen molar-refractivity contribution in [3.63, 3.8) is 0 Å². The van der Waals surface area contributed by atoms with Gasteiger partial charge in [0, 0.05) is 10.6 Å². The van der Waals surface area contributed by atoms with Crippen LogP contribution in [0.1, 0.15) is 26.5 Å². The Morgan fingerprint density at radius 1 is 1.14 bits per heavy atom. The number of halogens is 1. The van der Waals surface area contributed by atoms with Gasteiger partial charge in [-0.1, -0.05) is 23.7 Å². The minimum Gasteiger partial charge on any atom is -0.507 e. The van der Waals surface area contributed by atoms with Gasteiger partial charge in [-0.05, 0) is 42.5 Å². The van der Waals surface area contributed by atoms with Gasteiger partial charge in [0.2, 0.25) is 0 Å². The van der Waals surface area contributed by atoms with Crippen molar-refractivity contribution in [1.29, 1.82) is 0 Å². The summed E-state index contributed by atoms with van der Waals surface area (Å²) in [6, 6.07) is 14.1. The second-order valence-electron chi connectivity index (χ2n) is 5.60. The Kier molecular flexibility index (Phi) is 5.76. The minimum atomic E-state index is -0.566. The van der Waals surface area contributed by atoms with E-state index >= 15 is 0 Å². The number of carbonyl (C=O) groups excluding carboxylic acids is 2. The highest BCUT2D eigenvalue weighted by atomic mass is 35.5. The number of phenols is 1. The fraction of sp³-hybridized carbons (Fsp3) is 0.0500. The smallest absolute Gasteiger partial charge is 0.338 e. The van der Waals surface area contributed by atoms with Crippen LogP contribution in [0.25, 0.3) is 11.3 Å². The first-order valence-electron chi connectivity index (χ1n) is 8.09. The van der Waals surface area contributed by atoms with Gasteiger partial charge in [0.05, 0.1) is 24.5 Å². The summed E-state index contributed by atoms with van der Waals surface area (Å²) in [4.78, 5) is 23.9. The van der Waals surface area contributed by atoms with Gasteiger partial charge in [0.15, 0.2) is 0 Å². The van der Waals surface area contributed by atoms with Gasteiger partial charge < -0.3 is 14.3 Å².